The van der Waals surface area contributed by atoms with Crippen LogP contribution in [0.4, 0.5) is 0 Å². The minimum absolute atomic E-state index is 0.316. The largest absolute Gasteiger partial charge is 0.463 e. The highest BCUT2D eigenvalue weighted by atomic mass is 16.5. The van der Waals surface area contributed by atoms with Gasteiger partial charge in [0.2, 0.25) is 0 Å². The summed E-state index contributed by atoms with van der Waals surface area (Å²) in [4.78, 5) is 21.1. The summed E-state index contributed by atoms with van der Waals surface area (Å²) in [5.74, 6) is -0.874. The standard InChI is InChI=1S/C10H14O4.3C3H6/c1-3-9(11)13-7-5-6-8-14-10(12)4-2;3*1-3-2/h3-4H,1-2,5-8H2;3*3H,1H2,2H3. The molecule has 0 heterocycles. The molecular weight excluding hydrogens is 292 g/mol. The van der Waals surface area contributed by atoms with E-state index in [0.29, 0.717) is 26.1 Å². The lowest BCUT2D eigenvalue weighted by atomic mass is 10.3. The first-order valence-electron chi connectivity index (χ1n) is 7.24. The first kappa shape index (κ1) is 28.8. The molecule has 0 saturated heterocycles. The fourth-order valence-corrected chi connectivity index (χ4v) is 0.667. The molecule has 0 aromatic heterocycles. The fraction of sp³-hybridized carbons (Fsp3) is 0.368. The van der Waals surface area contributed by atoms with E-state index < -0.39 is 11.9 Å². The average Bonchev–Trinajstić information content (AvgIpc) is 2.52. The van der Waals surface area contributed by atoms with Crippen LogP contribution in [-0.2, 0) is 19.1 Å². The van der Waals surface area contributed by atoms with E-state index in [9.17, 15) is 9.59 Å². The van der Waals surface area contributed by atoms with E-state index in [0.717, 1.165) is 12.2 Å². The second-order valence-electron chi connectivity index (χ2n) is 3.68. The van der Waals surface area contributed by atoms with Gasteiger partial charge >= 0.3 is 11.9 Å². The first-order chi connectivity index (χ1) is 10.9. The summed E-state index contributed by atoms with van der Waals surface area (Å²) in [6.07, 6.45) is 8.78. The molecule has 0 spiro atoms. The van der Waals surface area contributed by atoms with Crippen LogP contribution in [0, 0.1) is 0 Å². The van der Waals surface area contributed by atoms with E-state index in [1.54, 1.807) is 18.2 Å². The van der Waals surface area contributed by atoms with E-state index in [-0.39, 0.29) is 0 Å². The van der Waals surface area contributed by atoms with Gasteiger partial charge in [-0.1, -0.05) is 31.4 Å². The third-order valence-corrected chi connectivity index (χ3v) is 1.36. The Hall–Kier alpha value is -2.36. The molecule has 0 aliphatic heterocycles. The first-order valence-corrected chi connectivity index (χ1v) is 7.24. The Morgan fingerprint density at radius 3 is 1.09 bits per heavy atom. The van der Waals surface area contributed by atoms with Gasteiger partial charge in [0.1, 0.15) is 0 Å². The lowest BCUT2D eigenvalue weighted by Gasteiger charge is -2.02. The van der Waals surface area contributed by atoms with Crippen LogP contribution in [0.1, 0.15) is 33.6 Å². The van der Waals surface area contributed by atoms with Gasteiger partial charge in [0.25, 0.3) is 0 Å². The van der Waals surface area contributed by atoms with Crippen molar-refractivity contribution in [3.8, 4) is 0 Å². The van der Waals surface area contributed by atoms with Crippen molar-refractivity contribution in [2.45, 2.75) is 33.6 Å². The lowest BCUT2D eigenvalue weighted by Crippen LogP contribution is -2.05. The molecule has 0 aliphatic rings. The number of esters is 2. The molecule has 4 heteroatoms. The summed E-state index contributed by atoms with van der Waals surface area (Å²) >= 11 is 0. The number of allylic oxidation sites excluding steroid dienone is 3. The van der Waals surface area contributed by atoms with Gasteiger partial charge in [-0.3, -0.25) is 0 Å². The Labute approximate surface area is 141 Å². The fourth-order valence-electron chi connectivity index (χ4n) is 0.667. The van der Waals surface area contributed by atoms with Crippen LogP contribution in [0.25, 0.3) is 0 Å². The van der Waals surface area contributed by atoms with Crippen molar-refractivity contribution in [2.24, 2.45) is 0 Å². The molecule has 0 aromatic carbocycles. The monoisotopic (exact) mass is 324 g/mol. The molecule has 0 atom stereocenters. The number of ether oxygens (including phenoxy) is 2. The zero-order chi connectivity index (χ0) is 18.9. The summed E-state index contributed by atoms with van der Waals surface area (Å²) in [6.45, 7) is 22.9. The number of hydrogen-bond acceptors (Lipinski definition) is 4. The highest BCUT2D eigenvalue weighted by molar-refractivity contribution is 5.81. The van der Waals surface area contributed by atoms with Crippen LogP contribution in [0.5, 0.6) is 0 Å². The summed E-state index contributed by atoms with van der Waals surface area (Å²) in [5, 5.41) is 0. The Kier molecular flexibility index (Phi) is 39.8. The van der Waals surface area contributed by atoms with Crippen molar-refractivity contribution in [1.29, 1.82) is 0 Å². The molecule has 0 saturated carbocycles. The van der Waals surface area contributed by atoms with Crippen molar-refractivity contribution in [2.75, 3.05) is 13.2 Å². The molecule has 0 aliphatic carbocycles. The summed E-state index contributed by atoms with van der Waals surface area (Å²) in [5.41, 5.74) is 0. The van der Waals surface area contributed by atoms with Gasteiger partial charge in [-0.25, -0.2) is 9.59 Å². The molecule has 132 valence electrons. The topological polar surface area (TPSA) is 52.6 Å². The van der Waals surface area contributed by atoms with Crippen LogP contribution in [0.3, 0.4) is 0 Å². The van der Waals surface area contributed by atoms with E-state index in [4.69, 9.17) is 9.47 Å². The number of hydrogen-bond donors (Lipinski definition) is 0. The Bertz CT molecular complexity index is 292. The third-order valence-electron chi connectivity index (χ3n) is 1.36. The summed E-state index contributed by atoms with van der Waals surface area (Å²) in [7, 11) is 0. The van der Waals surface area contributed by atoms with E-state index in [2.05, 4.69) is 32.9 Å². The molecule has 23 heavy (non-hydrogen) atoms. The molecule has 0 aromatic rings. The van der Waals surface area contributed by atoms with E-state index >= 15 is 0 Å². The second-order valence-corrected chi connectivity index (χ2v) is 3.68. The van der Waals surface area contributed by atoms with Gasteiger partial charge in [0.15, 0.2) is 0 Å². The number of rotatable bonds is 7. The highest BCUT2D eigenvalue weighted by Gasteiger charge is 1.97. The molecule has 0 amide bonds. The molecule has 4 nitrogen and oxygen atoms in total. The van der Waals surface area contributed by atoms with Gasteiger partial charge < -0.3 is 9.47 Å². The van der Waals surface area contributed by atoms with Crippen LogP contribution in [0.15, 0.2) is 63.3 Å². The van der Waals surface area contributed by atoms with Crippen LogP contribution in [0.2, 0.25) is 0 Å². The minimum Gasteiger partial charge on any atom is -0.463 e. The van der Waals surface area contributed by atoms with Crippen LogP contribution in [-0.4, -0.2) is 25.2 Å². The third kappa shape index (κ3) is 54.0. The predicted octanol–water partition coefficient (Wildman–Crippen LogP) is 4.80. The quantitative estimate of drug-likeness (QED) is 0.292. The van der Waals surface area contributed by atoms with Crippen molar-refractivity contribution < 1.29 is 19.1 Å². The second kappa shape index (κ2) is 31.8. The average molecular weight is 324 g/mol. The predicted molar refractivity (Wildman–Crippen MR) is 99.2 cm³/mol. The Balaban J connectivity index is -0.000000166. The van der Waals surface area contributed by atoms with Crippen molar-refractivity contribution in [3.63, 3.8) is 0 Å². The molecular formula is C19H32O4. The molecule has 0 fully saturated rings. The summed E-state index contributed by atoms with van der Waals surface area (Å²) < 4.78 is 9.41. The van der Waals surface area contributed by atoms with Gasteiger partial charge in [-0.2, -0.15) is 0 Å². The maximum Gasteiger partial charge on any atom is 0.330 e. The van der Waals surface area contributed by atoms with Crippen LogP contribution < -0.4 is 0 Å². The number of carbonyl (C=O) groups excluding carboxylic acids is 2. The zero-order valence-corrected chi connectivity index (χ0v) is 14.9. The van der Waals surface area contributed by atoms with E-state index in [1.165, 1.54) is 0 Å². The molecule has 0 radical (unpaired) electrons. The van der Waals surface area contributed by atoms with Crippen molar-refractivity contribution >= 4 is 11.9 Å². The smallest absolute Gasteiger partial charge is 0.330 e. The van der Waals surface area contributed by atoms with E-state index in [1.807, 2.05) is 20.8 Å². The van der Waals surface area contributed by atoms with Crippen molar-refractivity contribution in [1.82, 2.24) is 0 Å². The van der Waals surface area contributed by atoms with Gasteiger partial charge in [0, 0.05) is 12.2 Å². The zero-order valence-electron chi connectivity index (χ0n) is 14.9. The minimum atomic E-state index is -0.437. The maximum atomic E-state index is 10.6. The molecule has 0 unspecified atom stereocenters. The van der Waals surface area contributed by atoms with Crippen molar-refractivity contribution in [3.05, 3.63) is 63.3 Å². The SMILES string of the molecule is C=CC.C=CC.C=CC.C=CC(=O)OCCCCOC(=O)C=C. The lowest BCUT2D eigenvalue weighted by molar-refractivity contribution is -0.140. The molecule has 0 N–H and O–H groups in total. The van der Waals surface area contributed by atoms with Gasteiger partial charge in [0.05, 0.1) is 13.2 Å². The Morgan fingerprint density at radius 2 is 0.913 bits per heavy atom. The van der Waals surface area contributed by atoms with Gasteiger partial charge in [-0.05, 0) is 33.6 Å². The normalized spacial score (nSPS) is 7.09. The van der Waals surface area contributed by atoms with Gasteiger partial charge in [-0.15, -0.1) is 19.7 Å². The molecule has 0 rings (SSSR count). The molecule has 0 bridgehead atoms. The number of carbonyl (C=O) groups is 2. The highest BCUT2D eigenvalue weighted by Crippen LogP contribution is 1.93. The number of unbranched alkanes of at least 4 members (excludes halogenated alkanes) is 1. The Morgan fingerprint density at radius 1 is 0.696 bits per heavy atom. The van der Waals surface area contributed by atoms with Crippen LogP contribution >= 0.6 is 0 Å². The maximum absolute atomic E-state index is 10.6. The summed E-state index contributed by atoms with van der Waals surface area (Å²) in [6, 6.07) is 0.